The molecule has 0 heterocycles. The van der Waals surface area contributed by atoms with Crippen LogP contribution in [0.5, 0.6) is 5.75 Å². The Balaban J connectivity index is 2.57. The standard InChI is InChI=1S/C16H19NO3/c1-3-19-13-10-9-11-7-5-6-8-12(11)14(13)15(18)16(17)20-4-2/h5-10,15,17-18H,3-4H2,1-2H3. The Labute approximate surface area is 118 Å². The van der Waals surface area contributed by atoms with E-state index >= 15 is 0 Å². The second-order valence-electron chi connectivity index (χ2n) is 4.33. The van der Waals surface area contributed by atoms with E-state index in [0.29, 0.717) is 24.5 Å². The highest BCUT2D eigenvalue weighted by Crippen LogP contribution is 2.33. The quantitative estimate of drug-likeness (QED) is 0.649. The fourth-order valence-electron chi connectivity index (χ4n) is 2.20. The molecule has 106 valence electrons. The minimum absolute atomic E-state index is 0.162. The van der Waals surface area contributed by atoms with Gasteiger partial charge in [0, 0.05) is 5.56 Å². The van der Waals surface area contributed by atoms with Crippen molar-refractivity contribution in [3.05, 3.63) is 42.0 Å². The fraction of sp³-hybridized carbons (Fsp3) is 0.312. The number of aliphatic hydroxyl groups excluding tert-OH is 1. The molecule has 2 N–H and O–H groups in total. The Morgan fingerprint density at radius 2 is 1.90 bits per heavy atom. The van der Waals surface area contributed by atoms with Crippen molar-refractivity contribution >= 4 is 16.7 Å². The van der Waals surface area contributed by atoms with Crippen molar-refractivity contribution in [1.29, 1.82) is 5.41 Å². The van der Waals surface area contributed by atoms with Crippen LogP contribution in [0.3, 0.4) is 0 Å². The Kier molecular flexibility index (Phi) is 4.58. The van der Waals surface area contributed by atoms with Gasteiger partial charge in [0.05, 0.1) is 13.2 Å². The van der Waals surface area contributed by atoms with E-state index in [4.69, 9.17) is 14.9 Å². The SMILES string of the molecule is CCOC(=N)C(O)c1c(OCC)ccc2ccccc12. The molecule has 0 radical (unpaired) electrons. The number of hydrogen-bond donors (Lipinski definition) is 2. The molecule has 0 aliphatic rings. The average Bonchev–Trinajstić information content (AvgIpc) is 2.47. The van der Waals surface area contributed by atoms with Crippen molar-refractivity contribution < 1.29 is 14.6 Å². The lowest BCUT2D eigenvalue weighted by Crippen LogP contribution is -2.16. The molecule has 0 aliphatic heterocycles. The minimum atomic E-state index is -1.12. The number of fused-ring (bicyclic) bond motifs is 1. The minimum Gasteiger partial charge on any atom is -0.493 e. The predicted molar refractivity (Wildman–Crippen MR) is 79.4 cm³/mol. The van der Waals surface area contributed by atoms with E-state index < -0.39 is 6.10 Å². The molecule has 0 saturated heterocycles. The van der Waals surface area contributed by atoms with Crippen LogP contribution in [0, 0.1) is 5.41 Å². The van der Waals surface area contributed by atoms with Gasteiger partial charge in [-0.1, -0.05) is 30.3 Å². The van der Waals surface area contributed by atoms with Gasteiger partial charge in [0.25, 0.3) is 0 Å². The van der Waals surface area contributed by atoms with Crippen LogP contribution < -0.4 is 4.74 Å². The summed E-state index contributed by atoms with van der Waals surface area (Å²) < 4.78 is 10.7. The van der Waals surface area contributed by atoms with Crippen molar-refractivity contribution in [3.63, 3.8) is 0 Å². The molecule has 4 nitrogen and oxygen atoms in total. The van der Waals surface area contributed by atoms with Crippen LogP contribution in [0.2, 0.25) is 0 Å². The van der Waals surface area contributed by atoms with Crippen LogP contribution in [-0.2, 0) is 4.74 Å². The van der Waals surface area contributed by atoms with E-state index in [-0.39, 0.29) is 5.90 Å². The lowest BCUT2D eigenvalue weighted by atomic mass is 9.99. The molecule has 1 atom stereocenters. The number of ether oxygens (including phenoxy) is 2. The van der Waals surface area contributed by atoms with Crippen LogP contribution >= 0.6 is 0 Å². The molecule has 0 bridgehead atoms. The first-order chi connectivity index (χ1) is 9.69. The number of hydrogen-bond acceptors (Lipinski definition) is 4. The molecule has 2 aromatic rings. The van der Waals surface area contributed by atoms with Gasteiger partial charge in [0.1, 0.15) is 5.75 Å². The zero-order valence-electron chi connectivity index (χ0n) is 11.7. The fourth-order valence-corrected chi connectivity index (χ4v) is 2.20. The van der Waals surface area contributed by atoms with Crippen LogP contribution in [0.25, 0.3) is 10.8 Å². The highest BCUT2D eigenvalue weighted by molar-refractivity contribution is 5.93. The van der Waals surface area contributed by atoms with E-state index in [2.05, 4.69) is 0 Å². The zero-order valence-corrected chi connectivity index (χ0v) is 11.7. The monoisotopic (exact) mass is 273 g/mol. The molecular weight excluding hydrogens is 254 g/mol. The maximum absolute atomic E-state index is 10.4. The normalized spacial score (nSPS) is 12.2. The molecule has 0 fully saturated rings. The number of rotatable bonds is 5. The van der Waals surface area contributed by atoms with Crippen molar-refractivity contribution in [2.45, 2.75) is 20.0 Å². The van der Waals surface area contributed by atoms with Crippen molar-refractivity contribution in [3.8, 4) is 5.75 Å². The molecule has 4 heteroatoms. The molecule has 0 aliphatic carbocycles. The molecular formula is C16H19NO3. The number of benzene rings is 2. The largest absolute Gasteiger partial charge is 0.493 e. The van der Waals surface area contributed by atoms with Crippen LogP contribution in [0.15, 0.2) is 36.4 Å². The first-order valence-corrected chi connectivity index (χ1v) is 6.72. The zero-order chi connectivity index (χ0) is 14.5. The summed E-state index contributed by atoms with van der Waals surface area (Å²) in [7, 11) is 0. The summed E-state index contributed by atoms with van der Waals surface area (Å²) in [5.41, 5.74) is 0.586. The smallest absolute Gasteiger partial charge is 0.215 e. The highest BCUT2D eigenvalue weighted by atomic mass is 16.5. The Morgan fingerprint density at radius 3 is 2.60 bits per heavy atom. The second-order valence-corrected chi connectivity index (χ2v) is 4.33. The summed E-state index contributed by atoms with van der Waals surface area (Å²) in [6.07, 6.45) is -1.12. The van der Waals surface area contributed by atoms with E-state index in [9.17, 15) is 5.11 Å². The summed E-state index contributed by atoms with van der Waals surface area (Å²) in [5, 5.41) is 20.1. The molecule has 0 spiro atoms. The second kappa shape index (κ2) is 6.39. The van der Waals surface area contributed by atoms with E-state index in [1.54, 1.807) is 6.92 Å². The lowest BCUT2D eigenvalue weighted by Gasteiger charge is -2.18. The van der Waals surface area contributed by atoms with Gasteiger partial charge in [-0.05, 0) is 30.7 Å². The molecule has 0 saturated carbocycles. The van der Waals surface area contributed by atoms with Gasteiger partial charge >= 0.3 is 0 Å². The van der Waals surface area contributed by atoms with Gasteiger partial charge in [0.15, 0.2) is 6.10 Å². The van der Waals surface area contributed by atoms with Crippen molar-refractivity contribution in [1.82, 2.24) is 0 Å². The van der Waals surface area contributed by atoms with Crippen LogP contribution in [-0.4, -0.2) is 24.2 Å². The summed E-state index contributed by atoms with van der Waals surface area (Å²) in [6.45, 7) is 4.53. The van der Waals surface area contributed by atoms with Crippen molar-refractivity contribution in [2.24, 2.45) is 0 Å². The third kappa shape index (κ3) is 2.75. The summed E-state index contributed by atoms with van der Waals surface area (Å²) in [6, 6.07) is 11.5. The maximum atomic E-state index is 10.4. The first kappa shape index (κ1) is 14.3. The Bertz CT molecular complexity index is 610. The third-order valence-corrected chi connectivity index (χ3v) is 3.05. The van der Waals surface area contributed by atoms with Gasteiger partial charge < -0.3 is 14.6 Å². The summed E-state index contributed by atoms with van der Waals surface area (Å²) in [4.78, 5) is 0. The summed E-state index contributed by atoms with van der Waals surface area (Å²) in [5.74, 6) is 0.424. The van der Waals surface area contributed by atoms with Crippen LogP contribution in [0.4, 0.5) is 0 Å². The van der Waals surface area contributed by atoms with Crippen molar-refractivity contribution in [2.75, 3.05) is 13.2 Å². The molecule has 20 heavy (non-hydrogen) atoms. The van der Waals surface area contributed by atoms with Gasteiger partial charge in [0.2, 0.25) is 5.90 Å². The molecule has 2 aromatic carbocycles. The van der Waals surface area contributed by atoms with E-state index in [1.807, 2.05) is 43.3 Å². The van der Waals surface area contributed by atoms with Gasteiger partial charge in [-0.3, -0.25) is 5.41 Å². The average molecular weight is 273 g/mol. The Morgan fingerprint density at radius 1 is 1.15 bits per heavy atom. The van der Waals surface area contributed by atoms with E-state index in [0.717, 1.165) is 10.8 Å². The first-order valence-electron chi connectivity index (χ1n) is 6.72. The maximum Gasteiger partial charge on any atom is 0.215 e. The van der Waals surface area contributed by atoms with Crippen LogP contribution in [0.1, 0.15) is 25.5 Å². The molecule has 0 amide bonds. The Hall–Kier alpha value is -2.07. The molecule has 1 unspecified atom stereocenters. The predicted octanol–water partition coefficient (Wildman–Crippen LogP) is 3.29. The lowest BCUT2D eigenvalue weighted by molar-refractivity contribution is 0.187. The molecule has 2 rings (SSSR count). The van der Waals surface area contributed by atoms with Gasteiger partial charge in [-0.25, -0.2) is 0 Å². The highest BCUT2D eigenvalue weighted by Gasteiger charge is 2.22. The van der Waals surface area contributed by atoms with Gasteiger partial charge in [-0.15, -0.1) is 0 Å². The number of aliphatic hydroxyl groups is 1. The summed E-state index contributed by atoms with van der Waals surface area (Å²) >= 11 is 0. The third-order valence-electron chi connectivity index (χ3n) is 3.05. The molecule has 0 aromatic heterocycles. The van der Waals surface area contributed by atoms with E-state index in [1.165, 1.54) is 0 Å². The van der Waals surface area contributed by atoms with Gasteiger partial charge in [-0.2, -0.15) is 0 Å². The topological polar surface area (TPSA) is 62.5 Å². The number of nitrogens with one attached hydrogen (secondary N) is 1.